The molecule has 0 unspecified atom stereocenters. The van der Waals surface area contributed by atoms with E-state index in [0.717, 1.165) is 0 Å². The van der Waals surface area contributed by atoms with Gasteiger partial charge < -0.3 is 0 Å². The van der Waals surface area contributed by atoms with Crippen LogP contribution in [-0.4, -0.2) is 7.11 Å². The monoisotopic (exact) mass is 214 g/mol. The predicted octanol–water partition coefficient (Wildman–Crippen LogP) is 3.28. The quantitative estimate of drug-likeness (QED) is 0.641. The third kappa shape index (κ3) is 1.70. The van der Waals surface area contributed by atoms with Crippen molar-refractivity contribution in [2.24, 2.45) is 5.41 Å². The standard InChI is InChI=1S/C10H15.CH3O.Ti/c1-7-6-10(4,5)9(3)8(7)2;1-2;/h1-5H3;1H3;/q;-1;+1. The SMILES string of the molecule is C[O][Ti][C]1=C(C)C(C)=C(C)C1(C)C. The molecule has 72 valence electrons. The third-order valence-electron chi connectivity index (χ3n) is 3.27. The molecule has 2 heteroatoms. The zero-order chi connectivity index (χ0) is 10.2. The molecule has 0 aromatic heterocycles. The summed E-state index contributed by atoms with van der Waals surface area (Å²) in [5.74, 6) is 0. The van der Waals surface area contributed by atoms with Crippen LogP contribution in [0.1, 0.15) is 34.6 Å². The topological polar surface area (TPSA) is 9.23 Å². The fourth-order valence-corrected chi connectivity index (χ4v) is 3.44. The van der Waals surface area contributed by atoms with Gasteiger partial charge in [-0.2, -0.15) is 0 Å². The molecule has 0 fully saturated rings. The Morgan fingerprint density at radius 3 is 1.92 bits per heavy atom. The first kappa shape index (κ1) is 11.2. The maximum absolute atomic E-state index is 5.37. The molecule has 0 aromatic carbocycles. The van der Waals surface area contributed by atoms with Crippen LogP contribution in [0.5, 0.6) is 0 Å². The van der Waals surface area contributed by atoms with Crippen molar-refractivity contribution in [3.63, 3.8) is 0 Å². The summed E-state index contributed by atoms with van der Waals surface area (Å²) in [4.78, 5) is 0. The van der Waals surface area contributed by atoms with Gasteiger partial charge in [0.05, 0.1) is 0 Å². The van der Waals surface area contributed by atoms with Gasteiger partial charge in [-0.25, -0.2) is 0 Å². The van der Waals surface area contributed by atoms with Gasteiger partial charge in [0.2, 0.25) is 0 Å². The Hall–Kier alpha value is 0.154. The molecule has 0 bridgehead atoms. The number of rotatable bonds is 2. The van der Waals surface area contributed by atoms with Crippen LogP contribution in [0.4, 0.5) is 0 Å². The molecule has 0 N–H and O–H groups in total. The summed E-state index contributed by atoms with van der Waals surface area (Å²) >= 11 is -0.355. The minimum atomic E-state index is -0.355. The molecule has 0 atom stereocenters. The molecule has 1 aliphatic carbocycles. The van der Waals surface area contributed by atoms with Gasteiger partial charge in [0.1, 0.15) is 0 Å². The van der Waals surface area contributed by atoms with Gasteiger partial charge in [-0.1, -0.05) is 0 Å². The van der Waals surface area contributed by atoms with Crippen LogP contribution in [0, 0.1) is 5.41 Å². The van der Waals surface area contributed by atoms with Crippen molar-refractivity contribution in [3.05, 3.63) is 20.6 Å². The summed E-state index contributed by atoms with van der Waals surface area (Å²) < 4.78 is 6.93. The van der Waals surface area contributed by atoms with Gasteiger partial charge in [-0.15, -0.1) is 0 Å². The predicted molar refractivity (Wildman–Crippen MR) is 51.9 cm³/mol. The molecule has 0 spiro atoms. The van der Waals surface area contributed by atoms with Crippen molar-refractivity contribution in [1.82, 2.24) is 0 Å². The Morgan fingerprint density at radius 2 is 1.62 bits per heavy atom. The van der Waals surface area contributed by atoms with Crippen molar-refractivity contribution >= 4 is 0 Å². The summed E-state index contributed by atoms with van der Waals surface area (Å²) in [5.41, 5.74) is 4.72. The molecule has 0 saturated carbocycles. The number of hydrogen-bond donors (Lipinski definition) is 0. The third-order valence-corrected chi connectivity index (χ3v) is 5.47. The van der Waals surface area contributed by atoms with Gasteiger partial charge in [0, 0.05) is 0 Å². The van der Waals surface area contributed by atoms with Crippen molar-refractivity contribution < 1.29 is 22.9 Å². The van der Waals surface area contributed by atoms with Crippen LogP contribution < -0.4 is 0 Å². The van der Waals surface area contributed by atoms with Crippen LogP contribution in [0.2, 0.25) is 0 Å². The Balaban J connectivity index is 3.12. The maximum atomic E-state index is 5.37. The van der Waals surface area contributed by atoms with E-state index in [1.54, 1.807) is 3.88 Å². The van der Waals surface area contributed by atoms with E-state index < -0.39 is 0 Å². The molecular weight excluding hydrogens is 196 g/mol. The van der Waals surface area contributed by atoms with Crippen LogP contribution >= 0.6 is 0 Å². The summed E-state index contributed by atoms with van der Waals surface area (Å²) in [7, 11) is 1.82. The molecule has 13 heavy (non-hydrogen) atoms. The van der Waals surface area contributed by atoms with Gasteiger partial charge in [-0.3, -0.25) is 0 Å². The molecular formula is C11H18OTi. The van der Waals surface area contributed by atoms with Gasteiger partial charge in [-0.05, 0) is 0 Å². The van der Waals surface area contributed by atoms with E-state index in [2.05, 4.69) is 34.6 Å². The molecule has 0 amide bonds. The minimum absolute atomic E-state index is 0.254. The van der Waals surface area contributed by atoms with Gasteiger partial charge >= 0.3 is 90.6 Å². The molecule has 0 heterocycles. The van der Waals surface area contributed by atoms with Gasteiger partial charge in [0.25, 0.3) is 0 Å². The van der Waals surface area contributed by atoms with E-state index >= 15 is 0 Å². The second kappa shape index (κ2) is 3.72. The molecule has 0 aromatic rings. The number of allylic oxidation sites excluding steroid dienone is 4. The normalized spacial score (nSPS) is 21.4. The Kier molecular flexibility index (Phi) is 3.22. The van der Waals surface area contributed by atoms with Crippen molar-refractivity contribution in [2.75, 3.05) is 7.11 Å². The van der Waals surface area contributed by atoms with Crippen molar-refractivity contribution in [3.8, 4) is 0 Å². The second-order valence-corrected chi connectivity index (χ2v) is 5.92. The van der Waals surface area contributed by atoms with Crippen LogP contribution in [0.3, 0.4) is 0 Å². The summed E-state index contributed by atoms with van der Waals surface area (Å²) in [6, 6.07) is 0. The molecule has 1 rings (SSSR count). The van der Waals surface area contributed by atoms with E-state index in [1.807, 2.05) is 7.11 Å². The first-order chi connectivity index (χ1) is 5.92. The van der Waals surface area contributed by atoms with E-state index in [9.17, 15) is 0 Å². The van der Waals surface area contributed by atoms with Crippen molar-refractivity contribution in [1.29, 1.82) is 0 Å². The van der Waals surface area contributed by atoms with Gasteiger partial charge in [0.15, 0.2) is 0 Å². The summed E-state index contributed by atoms with van der Waals surface area (Å²) in [6.45, 7) is 11.3. The average Bonchev–Trinajstić information content (AvgIpc) is 2.20. The van der Waals surface area contributed by atoms with E-state index in [4.69, 9.17) is 3.32 Å². The fourth-order valence-electron chi connectivity index (χ4n) is 1.90. The first-order valence-corrected chi connectivity index (χ1v) is 6.03. The summed E-state index contributed by atoms with van der Waals surface area (Å²) in [6.07, 6.45) is 0. The second-order valence-electron chi connectivity index (χ2n) is 4.18. The Morgan fingerprint density at radius 1 is 1.08 bits per heavy atom. The zero-order valence-electron chi connectivity index (χ0n) is 9.41. The Labute approximate surface area is 90.6 Å². The summed E-state index contributed by atoms with van der Waals surface area (Å²) in [5, 5.41) is 0. The van der Waals surface area contributed by atoms with Crippen LogP contribution in [-0.2, 0) is 22.9 Å². The first-order valence-electron chi connectivity index (χ1n) is 4.61. The van der Waals surface area contributed by atoms with E-state index in [-0.39, 0.29) is 25.0 Å². The Bertz CT molecular complexity index is 284. The molecule has 0 aliphatic heterocycles. The fraction of sp³-hybridized carbons (Fsp3) is 0.636. The zero-order valence-corrected chi connectivity index (χ0v) is 11.0. The number of hydrogen-bond acceptors (Lipinski definition) is 1. The van der Waals surface area contributed by atoms with Crippen LogP contribution in [0.15, 0.2) is 20.6 Å². The van der Waals surface area contributed by atoms with Crippen LogP contribution in [0.25, 0.3) is 0 Å². The molecule has 0 saturated heterocycles. The molecule has 1 aliphatic rings. The molecule has 1 nitrogen and oxygen atoms in total. The van der Waals surface area contributed by atoms with E-state index in [1.165, 1.54) is 16.7 Å². The van der Waals surface area contributed by atoms with Crippen molar-refractivity contribution in [2.45, 2.75) is 34.6 Å². The van der Waals surface area contributed by atoms with E-state index in [0.29, 0.717) is 0 Å². The molecule has 0 radical (unpaired) electrons. The average molecular weight is 214 g/mol.